The second-order valence-corrected chi connectivity index (χ2v) is 7.37. The van der Waals surface area contributed by atoms with Gasteiger partial charge in [-0.2, -0.15) is 0 Å². The molecule has 3 rings (SSSR count). The Bertz CT molecular complexity index is 1050. The molecule has 1 N–H and O–H groups in total. The van der Waals surface area contributed by atoms with E-state index in [-0.39, 0.29) is 23.5 Å². The number of non-ortho nitro benzene ring substituents is 1. The number of anilines is 1. The van der Waals surface area contributed by atoms with Crippen LogP contribution < -0.4 is 10.1 Å². The molecule has 0 atom stereocenters. The number of ether oxygens (including phenoxy) is 2. The van der Waals surface area contributed by atoms with Crippen LogP contribution in [0.15, 0.2) is 54.2 Å². The van der Waals surface area contributed by atoms with Gasteiger partial charge in [-0.25, -0.2) is 0 Å². The maximum Gasteiger partial charge on any atom is 0.278 e. The molecule has 0 aliphatic carbocycles. The first-order valence-corrected chi connectivity index (χ1v) is 10.9. The highest BCUT2D eigenvalue weighted by Gasteiger charge is 2.39. The molecule has 1 aliphatic rings. The van der Waals surface area contributed by atoms with Crippen LogP contribution in [-0.4, -0.2) is 48.0 Å². The molecular formula is C24H27N3O6. The summed E-state index contributed by atoms with van der Waals surface area (Å²) < 4.78 is 11.0. The summed E-state index contributed by atoms with van der Waals surface area (Å²) in [5, 5.41) is 14.1. The Morgan fingerprint density at radius 2 is 1.79 bits per heavy atom. The maximum atomic E-state index is 13.2. The van der Waals surface area contributed by atoms with Crippen LogP contribution >= 0.6 is 0 Å². The Balaban J connectivity index is 1.93. The van der Waals surface area contributed by atoms with Crippen LogP contribution in [0.1, 0.15) is 32.3 Å². The van der Waals surface area contributed by atoms with Crippen LogP contribution in [0, 0.1) is 10.1 Å². The van der Waals surface area contributed by atoms with Crippen molar-refractivity contribution in [2.75, 3.05) is 31.7 Å². The zero-order chi connectivity index (χ0) is 23.8. The van der Waals surface area contributed by atoms with Crippen molar-refractivity contribution in [2.45, 2.75) is 26.7 Å². The highest BCUT2D eigenvalue weighted by atomic mass is 16.6. The third kappa shape index (κ3) is 5.75. The lowest BCUT2D eigenvalue weighted by Gasteiger charge is -2.15. The van der Waals surface area contributed by atoms with E-state index in [1.54, 1.807) is 18.2 Å². The standard InChI is InChI=1S/C24H27N3O6/c1-3-14-33-20-8-5-7-18(16-20)25-22-21(17-9-11-19(12-10-17)27(30)31)23(28)26(24(22)29)13-6-15-32-4-2/h5,7-12,16,25H,3-4,6,13-15H2,1-2H3. The second-order valence-electron chi connectivity index (χ2n) is 7.37. The van der Waals surface area contributed by atoms with Gasteiger partial charge in [-0.05, 0) is 49.6 Å². The Labute approximate surface area is 192 Å². The fraction of sp³-hybridized carbons (Fsp3) is 0.333. The van der Waals surface area contributed by atoms with Gasteiger partial charge < -0.3 is 14.8 Å². The van der Waals surface area contributed by atoms with Crippen molar-refractivity contribution in [1.82, 2.24) is 4.90 Å². The fourth-order valence-electron chi connectivity index (χ4n) is 3.41. The first kappa shape index (κ1) is 23.9. The maximum absolute atomic E-state index is 13.2. The van der Waals surface area contributed by atoms with E-state index in [1.165, 1.54) is 29.2 Å². The van der Waals surface area contributed by atoms with Crippen molar-refractivity contribution >= 4 is 28.8 Å². The Morgan fingerprint density at radius 1 is 1.03 bits per heavy atom. The van der Waals surface area contributed by atoms with Crippen LogP contribution in [-0.2, 0) is 14.3 Å². The normalized spacial score (nSPS) is 13.6. The van der Waals surface area contributed by atoms with Crippen molar-refractivity contribution < 1.29 is 24.0 Å². The molecule has 33 heavy (non-hydrogen) atoms. The number of imide groups is 1. The van der Waals surface area contributed by atoms with E-state index >= 15 is 0 Å². The lowest BCUT2D eigenvalue weighted by molar-refractivity contribution is -0.384. The first-order valence-electron chi connectivity index (χ1n) is 10.9. The molecule has 9 nitrogen and oxygen atoms in total. The Morgan fingerprint density at radius 3 is 2.45 bits per heavy atom. The molecule has 2 aromatic rings. The summed E-state index contributed by atoms with van der Waals surface area (Å²) in [6, 6.07) is 12.7. The Hall–Kier alpha value is -3.72. The van der Waals surface area contributed by atoms with Gasteiger partial charge in [-0.3, -0.25) is 24.6 Å². The van der Waals surface area contributed by atoms with Gasteiger partial charge in [0.15, 0.2) is 0 Å². The van der Waals surface area contributed by atoms with Gasteiger partial charge in [0.05, 0.1) is 17.1 Å². The zero-order valence-corrected chi connectivity index (χ0v) is 18.7. The van der Waals surface area contributed by atoms with E-state index in [0.717, 1.165) is 6.42 Å². The third-order valence-electron chi connectivity index (χ3n) is 4.99. The van der Waals surface area contributed by atoms with Gasteiger partial charge in [0.2, 0.25) is 0 Å². The van der Waals surface area contributed by atoms with E-state index in [0.29, 0.717) is 43.2 Å². The number of carbonyl (C=O) groups excluding carboxylic acids is 2. The second kappa shape index (κ2) is 11.2. The molecule has 174 valence electrons. The summed E-state index contributed by atoms with van der Waals surface area (Å²) in [7, 11) is 0. The number of nitro benzene ring substituents is 1. The number of carbonyl (C=O) groups is 2. The van der Waals surface area contributed by atoms with Gasteiger partial charge in [0.1, 0.15) is 11.4 Å². The monoisotopic (exact) mass is 453 g/mol. The van der Waals surface area contributed by atoms with Gasteiger partial charge in [0, 0.05) is 43.6 Å². The number of nitro groups is 1. The van der Waals surface area contributed by atoms with Crippen LogP contribution in [0.25, 0.3) is 5.57 Å². The minimum absolute atomic E-state index is 0.0972. The molecule has 1 heterocycles. The van der Waals surface area contributed by atoms with Crippen molar-refractivity contribution in [3.8, 4) is 5.75 Å². The molecule has 2 amide bonds. The SMILES string of the molecule is CCCOc1cccc(NC2=C(c3ccc([N+](=O)[O-])cc3)C(=O)N(CCCOCC)C2=O)c1. The lowest BCUT2D eigenvalue weighted by atomic mass is 10.0. The zero-order valence-electron chi connectivity index (χ0n) is 18.7. The van der Waals surface area contributed by atoms with Gasteiger partial charge >= 0.3 is 0 Å². The summed E-state index contributed by atoms with van der Waals surface area (Å²) in [6.45, 7) is 5.63. The molecule has 0 aromatic heterocycles. The smallest absolute Gasteiger partial charge is 0.278 e. The third-order valence-corrected chi connectivity index (χ3v) is 4.99. The average Bonchev–Trinajstić information content (AvgIpc) is 3.04. The minimum atomic E-state index is -0.513. The number of nitrogens with one attached hydrogen (secondary N) is 1. The topological polar surface area (TPSA) is 111 Å². The number of rotatable bonds is 12. The summed E-state index contributed by atoms with van der Waals surface area (Å²) in [6.07, 6.45) is 1.36. The van der Waals surface area contributed by atoms with Crippen molar-refractivity contribution in [2.24, 2.45) is 0 Å². The number of amides is 2. The molecule has 0 unspecified atom stereocenters. The largest absolute Gasteiger partial charge is 0.494 e. The van der Waals surface area contributed by atoms with E-state index in [4.69, 9.17) is 9.47 Å². The molecule has 0 fully saturated rings. The fourth-order valence-corrected chi connectivity index (χ4v) is 3.41. The van der Waals surface area contributed by atoms with Gasteiger partial charge in [-0.1, -0.05) is 13.0 Å². The molecule has 2 aromatic carbocycles. The molecule has 0 radical (unpaired) electrons. The van der Waals surface area contributed by atoms with E-state index in [9.17, 15) is 19.7 Å². The first-order chi connectivity index (χ1) is 16.0. The van der Waals surface area contributed by atoms with Crippen molar-refractivity contribution in [3.63, 3.8) is 0 Å². The number of hydrogen-bond donors (Lipinski definition) is 1. The van der Waals surface area contributed by atoms with Crippen LogP contribution in [0.3, 0.4) is 0 Å². The number of hydrogen-bond acceptors (Lipinski definition) is 7. The molecule has 9 heteroatoms. The number of nitrogens with zero attached hydrogens (tertiary/aromatic N) is 2. The summed E-state index contributed by atoms with van der Waals surface area (Å²) >= 11 is 0. The quantitative estimate of drug-likeness (QED) is 0.224. The molecule has 1 aliphatic heterocycles. The summed E-state index contributed by atoms with van der Waals surface area (Å²) in [4.78, 5) is 38.1. The van der Waals surface area contributed by atoms with Crippen LogP contribution in [0.5, 0.6) is 5.75 Å². The minimum Gasteiger partial charge on any atom is -0.494 e. The molecular weight excluding hydrogens is 426 g/mol. The number of benzene rings is 2. The lowest BCUT2D eigenvalue weighted by Crippen LogP contribution is -2.34. The highest BCUT2D eigenvalue weighted by molar-refractivity contribution is 6.36. The van der Waals surface area contributed by atoms with Gasteiger partial charge in [0.25, 0.3) is 17.5 Å². The highest BCUT2D eigenvalue weighted by Crippen LogP contribution is 2.32. The van der Waals surface area contributed by atoms with Crippen LogP contribution in [0.2, 0.25) is 0 Å². The Kier molecular flexibility index (Phi) is 8.15. The molecule has 0 spiro atoms. The molecule has 0 bridgehead atoms. The molecule has 0 saturated carbocycles. The van der Waals surface area contributed by atoms with Crippen LogP contribution in [0.4, 0.5) is 11.4 Å². The average molecular weight is 453 g/mol. The predicted molar refractivity (Wildman–Crippen MR) is 124 cm³/mol. The van der Waals surface area contributed by atoms with E-state index < -0.39 is 16.7 Å². The molecule has 0 saturated heterocycles. The van der Waals surface area contributed by atoms with Crippen molar-refractivity contribution in [3.05, 3.63) is 69.9 Å². The predicted octanol–water partition coefficient (Wildman–Crippen LogP) is 4.00. The van der Waals surface area contributed by atoms with E-state index in [2.05, 4.69) is 5.32 Å². The van der Waals surface area contributed by atoms with Gasteiger partial charge in [-0.15, -0.1) is 0 Å². The summed E-state index contributed by atoms with van der Waals surface area (Å²) in [5.74, 6) is -0.263. The summed E-state index contributed by atoms with van der Waals surface area (Å²) in [5.41, 5.74) is 1.21. The van der Waals surface area contributed by atoms with Crippen molar-refractivity contribution in [1.29, 1.82) is 0 Å². The van der Waals surface area contributed by atoms with E-state index in [1.807, 2.05) is 19.9 Å².